The molecule has 0 saturated carbocycles. The maximum atomic E-state index is 5.92. The monoisotopic (exact) mass is 545 g/mol. The minimum Gasteiger partial charge on any atom is -0.378 e. The van der Waals surface area contributed by atoms with Gasteiger partial charge in [-0.1, -0.05) is 18.2 Å². The molecule has 178 valence electrons. The van der Waals surface area contributed by atoms with Gasteiger partial charge in [0.2, 0.25) is 0 Å². The third kappa shape index (κ3) is 4.23. The summed E-state index contributed by atoms with van der Waals surface area (Å²) in [6.07, 6.45) is 1.84. The van der Waals surface area contributed by atoms with Crippen molar-refractivity contribution < 1.29 is 0 Å². The Morgan fingerprint density at radius 2 is 1.69 bits per heavy atom. The van der Waals surface area contributed by atoms with Crippen LogP contribution in [0.4, 0.5) is 11.4 Å². The van der Waals surface area contributed by atoms with Crippen LogP contribution in [0.15, 0.2) is 83.5 Å². The van der Waals surface area contributed by atoms with Crippen LogP contribution in [0.5, 0.6) is 0 Å². The van der Waals surface area contributed by atoms with Gasteiger partial charge in [-0.25, -0.2) is 0 Å². The van der Waals surface area contributed by atoms with Crippen LogP contribution >= 0.6 is 28.1 Å². The number of hydrogen-bond acceptors (Lipinski definition) is 3. The predicted octanol–water partition coefficient (Wildman–Crippen LogP) is 6.49. The summed E-state index contributed by atoms with van der Waals surface area (Å²) in [6.45, 7) is 4.34. The summed E-state index contributed by atoms with van der Waals surface area (Å²) >= 11 is 9.66. The summed E-state index contributed by atoms with van der Waals surface area (Å²) in [7, 11) is 4.10. The van der Waals surface area contributed by atoms with Gasteiger partial charge in [-0.15, -0.1) is 0 Å². The van der Waals surface area contributed by atoms with Crippen LogP contribution in [-0.2, 0) is 0 Å². The van der Waals surface area contributed by atoms with Gasteiger partial charge >= 0.3 is 0 Å². The number of nitrogens with zero attached hydrogens (tertiary/aromatic N) is 4. The van der Waals surface area contributed by atoms with Crippen molar-refractivity contribution in [3.8, 4) is 5.69 Å². The first-order chi connectivity index (χ1) is 16.9. The van der Waals surface area contributed by atoms with E-state index in [0.29, 0.717) is 5.11 Å². The lowest BCUT2D eigenvalue weighted by atomic mass is 9.96. The number of thiocarbonyl (C=S) groups is 1. The van der Waals surface area contributed by atoms with Gasteiger partial charge in [0.25, 0.3) is 0 Å². The van der Waals surface area contributed by atoms with Crippen molar-refractivity contribution in [3.63, 3.8) is 0 Å². The van der Waals surface area contributed by atoms with Crippen LogP contribution in [0, 0.1) is 13.8 Å². The van der Waals surface area contributed by atoms with E-state index >= 15 is 0 Å². The number of aryl methyl sites for hydroxylation is 1. The largest absolute Gasteiger partial charge is 0.378 e. The Hall–Kier alpha value is -3.16. The highest BCUT2D eigenvalue weighted by molar-refractivity contribution is 9.10. The van der Waals surface area contributed by atoms with Crippen molar-refractivity contribution in [1.82, 2.24) is 14.9 Å². The second-order valence-corrected chi connectivity index (χ2v) is 10.3. The Morgan fingerprint density at radius 3 is 2.34 bits per heavy atom. The molecule has 35 heavy (non-hydrogen) atoms. The van der Waals surface area contributed by atoms with Crippen LogP contribution in [0.25, 0.3) is 5.69 Å². The van der Waals surface area contributed by atoms with Crippen LogP contribution in [0.3, 0.4) is 0 Å². The molecule has 4 aromatic rings. The Balaban J connectivity index is 1.67. The highest BCUT2D eigenvalue weighted by Crippen LogP contribution is 2.44. The third-order valence-corrected chi connectivity index (χ3v) is 7.61. The van der Waals surface area contributed by atoms with Crippen LogP contribution < -0.4 is 15.1 Å². The molecule has 1 saturated heterocycles. The van der Waals surface area contributed by atoms with Gasteiger partial charge in [-0.05, 0) is 102 Å². The van der Waals surface area contributed by atoms with E-state index < -0.39 is 0 Å². The van der Waals surface area contributed by atoms with Crippen LogP contribution in [0.1, 0.15) is 34.7 Å². The second kappa shape index (κ2) is 9.47. The number of hydrogen-bond donors (Lipinski definition) is 1. The summed E-state index contributed by atoms with van der Waals surface area (Å²) in [6, 6.07) is 25.1. The van der Waals surface area contributed by atoms with Crippen molar-refractivity contribution in [1.29, 1.82) is 0 Å². The summed E-state index contributed by atoms with van der Waals surface area (Å²) in [5.74, 6) is 0. The molecule has 0 bridgehead atoms. The average molecular weight is 547 g/mol. The molecule has 5 rings (SSSR count). The van der Waals surface area contributed by atoms with Crippen molar-refractivity contribution in [2.24, 2.45) is 0 Å². The van der Waals surface area contributed by atoms with Crippen LogP contribution in [0.2, 0.25) is 0 Å². The fraction of sp³-hybridized carbons (Fsp3) is 0.214. The van der Waals surface area contributed by atoms with Gasteiger partial charge in [0.05, 0.1) is 23.5 Å². The van der Waals surface area contributed by atoms with Crippen molar-refractivity contribution in [2.75, 3.05) is 23.9 Å². The summed E-state index contributed by atoms with van der Waals surface area (Å²) in [5.41, 5.74) is 7.88. The molecule has 2 atom stereocenters. The van der Waals surface area contributed by atoms with E-state index in [4.69, 9.17) is 17.2 Å². The van der Waals surface area contributed by atoms with E-state index in [1.165, 1.54) is 17.0 Å². The number of rotatable bonds is 5. The van der Waals surface area contributed by atoms with Gasteiger partial charge in [0, 0.05) is 47.5 Å². The lowest BCUT2D eigenvalue weighted by Gasteiger charge is -2.28. The molecule has 1 aliphatic rings. The molecule has 0 radical (unpaired) electrons. The van der Waals surface area contributed by atoms with E-state index in [0.717, 1.165) is 27.2 Å². The molecular weight excluding hydrogens is 518 g/mol. The minimum absolute atomic E-state index is 0.0509. The van der Waals surface area contributed by atoms with Gasteiger partial charge < -0.3 is 19.7 Å². The molecule has 2 aromatic heterocycles. The first-order valence-corrected chi connectivity index (χ1v) is 12.8. The molecule has 1 N–H and O–H groups in total. The molecule has 1 aliphatic heterocycles. The normalized spacial score (nSPS) is 17.5. The highest BCUT2D eigenvalue weighted by Gasteiger charge is 2.42. The molecule has 0 spiro atoms. The Bertz CT molecular complexity index is 1360. The number of para-hydroxylation sites is 1. The van der Waals surface area contributed by atoms with E-state index in [-0.39, 0.29) is 12.1 Å². The van der Waals surface area contributed by atoms with Gasteiger partial charge in [0.1, 0.15) is 0 Å². The van der Waals surface area contributed by atoms with E-state index in [2.05, 4.69) is 104 Å². The molecule has 0 unspecified atom stereocenters. The van der Waals surface area contributed by atoms with Gasteiger partial charge in [-0.3, -0.25) is 4.98 Å². The molecule has 0 amide bonds. The van der Waals surface area contributed by atoms with E-state index in [1.807, 2.05) is 38.5 Å². The number of pyridine rings is 1. The Kier molecular flexibility index (Phi) is 6.38. The van der Waals surface area contributed by atoms with E-state index in [9.17, 15) is 0 Å². The number of halogens is 1. The van der Waals surface area contributed by atoms with Gasteiger partial charge in [0.15, 0.2) is 5.11 Å². The fourth-order valence-corrected chi connectivity index (χ4v) is 5.76. The summed E-state index contributed by atoms with van der Waals surface area (Å²) in [4.78, 5) is 9.04. The maximum Gasteiger partial charge on any atom is 0.174 e. The first kappa shape index (κ1) is 23.6. The minimum atomic E-state index is -0.0783. The predicted molar refractivity (Wildman–Crippen MR) is 152 cm³/mol. The van der Waals surface area contributed by atoms with E-state index in [1.54, 1.807) is 0 Å². The molecule has 5 nitrogen and oxygen atoms in total. The highest BCUT2D eigenvalue weighted by atomic mass is 79.9. The maximum absolute atomic E-state index is 5.92. The zero-order chi connectivity index (χ0) is 24.7. The second-order valence-electron chi connectivity index (χ2n) is 9.02. The lowest BCUT2D eigenvalue weighted by molar-refractivity contribution is 0.565. The molecule has 7 heteroatoms. The molecule has 1 fully saturated rings. The van der Waals surface area contributed by atoms with Crippen molar-refractivity contribution in [3.05, 3.63) is 106 Å². The topological polar surface area (TPSA) is 36.3 Å². The average Bonchev–Trinajstić information content (AvgIpc) is 3.35. The van der Waals surface area contributed by atoms with Crippen molar-refractivity contribution >= 4 is 44.6 Å². The number of anilines is 2. The van der Waals surface area contributed by atoms with Gasteiger partial charge in [-0.2, -0.15) is 0 Å². The smallest absolute Gasteiger partial charge is 0.174 e. The number of benzene rings is 2. The summed E-state index contributed by atoms with van der Waals surface area (Å²) in [5, 5.41) is 4.28. The Labute approximate surface area is 220 Å². The zero-order valence-corrected chi connectivity index (χ0v) is 22.6. The molecule has 3 heterocycles. The Morgan fingerprint density at radius 1 is 0.971 bits per heavy atom. The van der Waals surface area contributed by atoms with Crippen LogP contribution in [-0.4, -0.2) is 28.8 Å². The molecule has 2 aromatic carbocycles. The SMILES string of the molecule is Cc1cc([C@H]2[C@H](c3ccccn3)NC(=S)N2c2ccc(N(C)C)cc2)c(C)n1-c1ccccc1Br. The standard InChI is InChI=1S/C28H28BrN5S/c1-18-17-22(19(2)33(18)25-11-6-5-9-23(25)29)27-26(24-10-7-8-16-30-24)31-28(35)34(27)21-14-12-20(13-15-21)32(3)4/h5-17,26-27H,1-4H3,(H,31,35)/t26-,27-/m0/s1. The molecule has 0 aliphatic carbocycles. The first-order valence-electron chi connectivity index (χ1n) is 11.6. The molecular formula is C28H28BrN5S. The van der Waals surface area contributed by atoms with Crippen molar-refractivity contribution in [2.45, 2.75) is 25.9 Å². The fourth-order valence-electron chi connectivity index (χ4n) is 4.95. The lowest BCUT2D eigenvalue weighted by Crippen LogP contribution is -2.29. The summed E-state index contributed by atoms with van der Waals surface area (Å²) < 4.78 is 3.37. The number of aromatic nitrogens is 2. The quantitative estimate of drug-likeness (QED) is 0.290. The third-order valence-electron chi connectivity index (χ3n) is 6.62. The zero-order valence-electron chi connectivity index (χ0n) is 20.2. The number of nitrogens with one attached hydrogen (secondary N) is 1.